The van der Waals surface area contributed by atoms with E-state index in [0.717, 1.165) is 24.0 Å². The van der Waals surface area contributed by atoms with Crippen molar-refractivity contribution < 1.29 is 9.59 Å². The Morgan fingerprint density at radius 1 is 1.38 bits per heavy atom. The van der Waals surface area contributed by atoms with Gasteiger partial charge in [-0.3, -0.25) is 14.7 Å². The van der Waals surface area contributed by atoms with Crippen molar-refractivity contribution in [2.75, 3.05) is 44.7 Å². The second-order valence-corrected chi connectivity index (χ2v) is 7.08. The number of rotatable bonds is 5. The second-order valence-electron chi connectivity index (χ2n) is 6.23. The predicted octanol–water partition coefficient (Wildman–Crippen LogP) is 0.745. The van der Waals surface area contributed by atoms with E-state index in [2.05, 4.69) is 47.8 Å². The fourth-order valence-corrected chi connectivity index (χ4v) is 3.70. The van der Waals surface area contributed by atoms with Crippen LogP contribution in [0.4, 0.5) is 10.5 Å². The molecule has 1 aromatic carbocycles. The van der Waals surface area contributed by atoms with Crippen LogP contribution in [0.25, 0.3) is 0 Å². The number of para-hydroxylation sites is 1. The number of amides is 3. The quantitative estimate of drug-likeness (QED) is 0.370. The number of hydrogen-bond donors (Lipinski definition) is 3. The number of imide groups is 1. The maximum Gasteiger partial charge on any atom is 0.324 e. The van der Waals surface area contributed by atoms with Crippen LogP contribution in [0.2, 0.25) is 0 Å². The first-order valence-corrected chi connectivity index (χ1v) is 9.42. The highest BCUT2D eigenvalue weighted by Gasteiger charge is 2.28. The monoisotopic (exact) mass is 422 g/mol. The molecule has 2 heterocycles. The van der Waals surface area contributed by atoms with Gasteiger partial charge in [-0.25, -0.2) is 4.79 Å². The minimum absolute atomic E-state index is 0.0821. The number of urea groups is 1. The topological polar surface area (TPSA) is 89.1 Å². The minimum atomic E-state index is -0.334. The third kappa shape index (κ3) is 4.27. The Morgan fingerprint density at radius 2 is 2.19 bits per heavy atom. The van der Waals surface area contributed by atoms with Crippen LogP contribution < -0.4 is 20.9 Å². The van der Waals surface area contributed by atoms with Gasteiger partial charge in [-0.05, 0) is 34.5 Å². The van der Waals surface area contributed by atoms with Gasteiger partial charge in [-0.15, -0.1) is 0 Å². The van der Waals surface area contributed by atoms with Crippen molar-refractivity contribution in [3.8, 4) is 0 Å². The standard InChI is InChI=1S/C17H23BrN6O2/c1-19-16(20-7-9-24-15(25)10-21-17(24)26)22-12-6-8-23(11-12)14-5-3-2-4-13(14)18/h2-5,12H,6-11H2,1H3,(H,21,26)(H2,19,20,22). The molecular weight excluding hydrogens is 400 g/mol. The third-order valence-electron chi connectivity index (χ3n) is 4.51. The van der Waals surface area contributed by atoms with Crippen LogP contribution in [0.1, 0.15) is 6.42 Å². The highest BCUT2D eigenvalue weighted by Crippen LogP contribution is 2.28. The summed E-state index contributed by atoms with van der Waals surface area (Å²) in [6.07, 6.45) is 1.01. The SMILES string of the molecule is CN=C(NCCN1C(=O)CNC1=O)NC1CCN(c2ccccc2Br)C1. The Balaban J connectivity index is 1.46. The summed E-state index contributed by atoms with van der Waals surface area (Å²) >= 11 is 3.60. The molecule has 3 amide bonds. The molecule has 9 heteroatoms. The van der Waals surface area contributed by atoms with Crippen LogP contribution in [0.3, 0.4) is 0 Å². The number of guanidine groups is 1. The maximum absolute atomic E-state index is 11.6. The van der Waals surface area contributed by atoms with Crippen molar-refractivity contribution in [1.29, 1.82) is 0 Å². The lowest BCUT2D eigenvalue weighted by molar-refractivity contribution is -0.124. The van der Waals surface area contributed by atoms with E-state index in [0.29, 0.717) is 19.0 Å². The highest BCUT2D eigenvalue weighted by atomic mass is 79.9. The molecule has 0 spiro atoms. The number of carbonyl (C=O) groups excluding carboxylic acids is 2. The zero-order chi connectivity index (χ0) is 18.5. The van der Waals surface area contributed by atoms with E-state index in [4.69, 9.17) is 0 Å². The molecule has 2 aliphatic heterocycles. The van der Waals surface area contributed by atoms with Crippen LogP contribution >= 0.6 is 15.9 Å². The molecular formula is C17H23BrN6O2. The molecule has 0 radical (unpaired) electrons. The number of benzene rings is 1. The average molecular weight is 423 g/mol. The molecule has 1 atom stereocenters. The van der Waals surface area contributed by atoms with Crippen molar-refractivity contribution in [2.24, 2.45) is 4.99 Å². The van der Waals surface area contributed by atoms with Crippen LogP contribution in [-0.4, -0.2) is 68.6 Å². The Morgan fingerprint density at radius 3 is 2.88 bits per heavy atom. The van der Waals surface area contributed by atoms with Gasteiger partial charge in [0.15, 0.2) is 5.96 Å². The second kappa shape index (κ2) is 8.39. The zero-order valence-corrected chi connectivity index (χ0v) is 16.3. The summed E-state index contributed by atoms with van der Waals surface area (Å²) in [7, 11) is 1.71. The van der Waals surface area contributed by atoms with Crippen LogP contribution in [-0.2, 0) is 4.79 Å². The summed E-state index contributed by atoms with van der Waals surface area (Å²) in [6, 6.07) is 8.15. The van der Waals surface area contributed by atoms with Crippen LogP contribution in [0.5, 0.6) is 0 Å². The van der Waals surface area contributed by atoms with Gasteiger partial charge in [0.25, 0.3) is 0 Å². The first-order chi connectivity index (χ1) is 12.6. The van der Waals surface area contributed by atoms with Gasteiger partial charge in [0.2, 0.25) is 5.91 Å². The van der Waals surface area contributed by atoms with Gasteiger partial charge >= 0.3 is 6.03 Å². The number of halogens is 1. The van der Waals surface area contributed by atoms with E-state index in [1.807, 2.05) is 18.2 Å². The number of hydrogen-bond acceptors (Lipinski definition) is 4. The van der Waals surface area contributed by atoms with Crippen LogP contribution in [0.15, 0.2) is 33.7 Å². The van der Waals surface area contributed by atoms with Crippen molar-refractivity contribution in [2.45, 2.75) is 12.5 Å². The number of carbonyl (C=O) groups is 2. The van der Waals surface area contributed by atoms with Crippen molar-refractivity contribution in [1.82, 2.24) is 20.9 Å². The number of nitrogens with one attached hydrogen (secondary N) is 3. The molecule has 0 bridgehead atoms. The molecule has 1 aromatic rings. The van der Waals surface area contributed by atoms with E-state index >= 15 is 0 Å². The summed E-state index contributed by atoms with van der Waals surface area (Å²) in [4.78, 5) is 30.9. The van der Waals surface area contributed by atoms with Crippen molar-refractivity contribution >= 4 is 39.5 Å². The Kier molecular flexibility index (Phi) is 5.97. The van der Waals surface area contributed by atoms with Crippen molar-refractivity contribution in [3.05, 3.63) is 28.7 Å². The highest BCUT2D eigenvalue weighted by molar-refractivity contribution is 9.10. The lowest BCUT2D eigenvalue weighted by Crippen LogP contribution is -2.47. The molecule has 0 aliphatic carbocycles. The van der Waals surface area contributed by atoms with E-state index in [1.165, 1.54) is 10.6 Å². The molecule has 3 rings (SSSR count). The third-order valence-corrected chi connectivity index (χ3v) is 5.18. The van der Waals surface area contributed by atoms with Gasteiger partial charge < -0.3 is 20.9 Å². The molecule has 8 nitrogen and oxygen atoms in total. The van der Waals surface area contributed by atoms with Gasteiger partial charge in [0, 0.05) is 43.7 Å². The number of aliphatic imine (C=N–C) groups is 1. The molecule has 2 fully saturated rings. The van der Waals surface area contributed by atoms with Gasteiger partial charge in [-0.1, -0.05) is 12.1 Å². The fraction of sp³-hybridized carbons (Fsp3) is 0.471. The Hall–Kier alpha value is -2.29. The molecule has 140 valence electrons. The van der Waals surface area contributed by atoms with E-state index in [-0.39, 0.29) is 24.5 Å². The Bertz CT molecular complexity index is 694. The summed E-state index contributed by atoms with van der Waals surface area (Å²) < 4.78 is 1.09. The largest absolute Gasteiger partial charge is 0.368 e. The summed E-state index contributed by atoms with van der Waals surface area (Å²) in [6.45, 7) is 2.72. The molecule has 26 heavy (non-hydrogen) atoms. The van der Waals surface area contributed by atoms with E-state index < -0.39 is 0 Å². The Labute approximate surface area is 161 Å². The van der Waals surface area contributed by atoms with Crippen LogP contribution in [0, 0.1) is 0 Å². The maximum atomic E-state index is 11.6. The molecule has 1 unspecified atom stereocenters. The summed E-state index contributed by atoms with van der Waals surface area (Å²) in [5.74, 6) is 0.482. The van der Waals surface area contributed by atoms with Gasteiger partial charge in [0.05, 0.1) is 12.2 Å². The van der Waals surface area contributed by atoms with Crippen molar-refractivity contribution in [3.63, 3.8) is 0 Å². The molecule has 2 aliphatic rings. The first kappa shape index (κ1) is 18.5. The summed E-state index contributed by atoms with van der Waals surface area (Å²) in [5, 5.41) is 9.09. The number of nitrogens with zero attached hydrogens (tertiary/aromatic N) is 3. The minimum Gasteiger partial charge on any atom is -0.368 e. The molecule has 0 saturated carbocycles. The smallest absolute Gasteiger partial charge is 0.324 e. The van der Waals surface area contributed by atoms with E-state index in [9.17, 15) is 9.59 Å². The molecule has 3 N–H and O–H groups in total. The fourth-order valence-electron chi connectivity index (χ4n) is 3.16. The zero-order valence-electron chi connectivity index (χ0n) is 14.7. The lowest BCUT2D eigenvalue weighted by atomic mass is 10.3. The number of anilines is 1. The normalized spacial score (nSPS) is 20.5. The van der Waals surface area contributed by atoms with Gasteiger partial charge in [0.1, 0.15) is 0 Å². The molecule has 2 saturated heterocycles. The predicted molar refractivity (Wildman–Crippen MR) is 104 cm³/mol. The van der Waals surface area contributed by atoms with E-state index in [1.54, 1.807) is 7.05 Å². The first-order valence-electron chi connectivity index (χ1n) is 8.63. The summed E-state index contributed by atoms with van der Waals surface area (Å²) in [5.41, 5.74) is 1.19. The average Bonchev–Trinajstić information content (AvgIpc) is 3.22. The lowest BCUT2D eigenvalue weighted by Gasteiger charge is -2.21. The molecule has 0 aromatic heterocycles. The van der Waals surface area contributed by atoms with Gasteiger partial charge in [-0.2, -0.15) is 0 Å².